The molecule has 0 aliphatic carbocycles. The topological polar surface area (TPSA) is 88.0 Å². The average Bonchev–Trinajstić information content (AvgIpc) is 2.39. The molecule has 0 saturated heterocycles. The molecule has 0 aliphatic rings. The summed E-state index contributed by atoms with van der Waals surface area (Å²) >= 11 is 1.10. The van der Waals surface area contributed by atoms with Gasteiger partial charge in [-0.15, -0.1) is 0 Å². The van der Waals surface area contributed by atoms with Gasteiger partial charge in [0.1, 0.15) is 0 Å². The maximum Gasteiger partial charge on any atom is 0.305 e. The number of carboxylic acid groups (broad SMARTS) is 1. The molecule has 1 aromatic heterocycles. The van der Waals surface area contributed by atoms with Gasteiger partial charge in [-0.05, 0) is 5.21 Å². The van der Waals surface area contributed by atoms with E-state index in [2.05, 4.69) is 20.1 Å². The lowest BCUT2D eigenvalue weighted by atomic mass is 10.4. The van der Waals surface area contributed by atoms with Crippen LogP contribution in [0.25, 0.3) is 0 Å². The molecule has 0 saturated carbocycles. The van der Waals surface area contributed by atoms with Crippen LogP contribution in [-0.2, 0) is 4.79 Å². The van der Waals surface area contributed by atoms with Crippen LogP contribution >= 0.6 is 11.5 Å². The van der Waals surface area contributed by atoms with E-state index in [-0.39, 0.29) is 6.42 Å². The van der Waals surface area contributed by atoms with Gasteiger partial charge in [0.2, 0.25) is 5.13 Å². The minimum atomic E-state index is -0.838. The van der Waals surface area contributed by atoms with Crippen LogP contribution < -0.4 is 5.32 Å². The van der Waals surface area contributed by atoms with Crippen molar-refractivity contribution in [2.75, 3.05) is 11.9 Å². The van der Waals surface area contributed by atoms with Crippen molar-refractivity contribution in [2.45, 2.75) is 6.42 Å². The molecule has 0 atom stereocenters. The molecule has 1 rings (SSSR count). The van der Waals surface area contributed by atoms with Crippen LogP contribution in [0, 0.1) is 0 Å². The molecular formula is C4H6N4O2S. The lowest BCUT2D eigenvalue weighted by Crippen LogP contribution is -2.07. The van der Waals surface area contributed by atoms with Crippen LogP contribution in [-0.4, -0.2) is 32.4 Å². The zero-order chi connectivity index (χ0) is 8.10. The average molecular weight is 174 g/mol. The lowest BCUT2D eigenvalue weighted by molar-refractivity contribution is -0.136. The van der Waals surface area contributed by atoms with E-state index in [0.717, 1.165) is 11.5 Å². The zero-order valence-electron chi connectivity index (χ0n) is 5.52. The maximum atomic E-state index is 10.0. The molecule has 2 N–H and O–H groups in total. The molecule has 0 spiro atoms. The first kappa shape index (κ1) is 7.86. The summed E-state index contributed by atoms with van der Waals surface area (Å²) in [6.45, 7) is 0.353. The third-order valence-electron chi connectivity index (χ3n) is 0.914. The van der Waals surface area contributed by atoms with Crippen molar-refractivity contribution < 1.29 is 9.90 Å². The minimum Gasteiger partial charge on any atom is -0.481 e. The van der Waals surface area contributed by atoms with Gasteiger partial charge in [-0.1, -0.05) is 9.59 Å². The van der Waals surface area contributed by atoms with Crippen LogP contribution in [0.15, 0.2) is 0 Å². The second-order valence-corrected chi connectivity index (χ2v) is 2.47. The normalized spacial score (nSPS) is 9.45. The van der Waals surface area contributed by atoms with E-state index in [4.69, 9.17) is 5.11 Å². The number of hydrogen-bond donors (Lipinski definition) is 2. The number of nitrogens with zero attached hydrogens (tertiary/aromatic N) is 3. The number of carboxylic acids is 1. The highest BCUT2D eigenvalue weighted by Crippen LogP contribution is 2.03. The number of carbonyl (C=O) groups is 1. The van der Waals surface area contributed by atoms with Gasteiger partial charge in [0.05, 0.1) is 6.42 Å². The van der Waals surface area contributed by atoms with Gasteiger partial charge in [0, 0.05) is 18.1 Å². The quantitative estimate of drug-likeness (QED) is 0.658. The molecular weight excluding hydrogens is 168 g/mol. The third kappa shape index (κ3) is 2.89. The Balaban J connectivity index is 2.19. The van der Waals surface area contributed by atoms with Gasteiger partial charge in [0.15, 0.2) is 0 Å². The van der Waals surface area contributed by atoms with Gasteiger partial charge in [0.25, 0.3) is 0 Å². The van der Waals surface area contributed by atoms with E-state index >= 15 is 0 Å². The second-order valence-electron chi connectivity index (χ2n) is 1.74. The largest absolute Gasteiger partial charge is 0.481 e. The molecule has 0 radical (unpaired) electrons. The van der Waals surface area contributed by atoms with Crippen molar-refractivity contribution in [2.24, 2.45) is 0 Å². The predicted molar refractivity (Wildman–Crippen MR) is 38.4 cm³/mol. The van der Waals surface area contributed by atoms with Crippen molar-refractivity contribution in [1.29, 1.82) is 0 Å². The number of anilines is 1. The summed E-state index contributed by atoms with van der Waals surface area (Å²) < 4.78 is 3.49. The summed E-state index contributed by atoms with van der Waals surface area (Å²) in [6, 6.07) is 0. The number of hydrogen-bond acceptors (Lipinski definition) is 6. The molecule has 0 amide bonds. The Kier molecular flexibility index (Phi) is 2.73. The first-order valence-corrected chi connectivity index (χ1v) is 3.67. The van der Waals surface area contributed by atoms with Crippen LogP contribution in [0.1, 0.15) is 6.42 Å². The van der Waals surface area contributed by atoms with Crippen molar-refractivity contribution in [3.8, 4) is 0 Å². The Morgan fingerprint density at radius 1 is 1.73 bits per heavy atom. The molecule has 1 heterocycles. The fraction of sp³-hybridized carbons (Fsp3) is 0.500. The fourth-order valence-electron chi connectivity index (χ4n) is 0.478. The Morgan fingerprint density at radius 2 is 2.55 bits per heavy atom. The third-order valence-corrected chi connectivity index (χ3v) is 1.47. The van der Waals surface area contributed by atoms with E-state index in [1.54, 1.807) is 0 Å². The van der Waals surface area contributed by atoms with Crippen LogP contribution in [0.5, 0.6) is 0 Å². The molecule has 0 aromatic carbocycles. The van der Waals surface area contributed by atoms with Crippen LogP contribution in [0.3, 0.4) is 0 Å². The number of aromatic nitrogens is 3. The molecule has 11 heavy (non-hydrogen) atoms. The molecule has 60 valence electrons. The van der Waals surface area contributed by atoms with Gasteiger partial charge in [-0.2, -0.15) is 0 Å². The zero-order valence-corrected chi connectivity index (χ0v) is 6.34. The Bertz CT molecular complexity index is 224. The van der Waals surface area contributed by atoms with E-state index in [0.29, 0.717) is 11.7 Å². The summed E-state index contributed by atoms with van der Waals surface area (Å²) in [7, 11) is 0. The van der Waals surface area contributed by atoms with Gasteiger partial charge in [-0.25, -0.2) is 0 Å². The van der Waals surface area contributed by atoms with E-state index in [9.17, 15) is 4.79 Å². The summed E-state index contributed by atoms with van der Waals surface area (Å²) in [5.74, 6) is -0.838. The highest BCUT2D eigenvalue weighted by Gasteiger charge is 1.98. The minimum absolute atomic E-state index is 0.0690. The summed E-state index contributed by atoms with van der Waals surface area (Å²) in [5.41, 5.74) is 0. The van der Waals surface area contributed by atoms with Crippen molar-refractivity contribution in [3.63, 3.8) is 0 Å². The van der Waals surface area contributed by atoms with Crippen LogP contribution in [0.2, 0.25) is 0 Å². The Morgan fingerprint density at radius 3 is 3.09 bits per heavy atom. The summed E-state index contributed by atoms with van der Waals surface area (Å²) in [6.07, 6.45) is 0.0690. The molecule has 0 aliphatic heterocycles. The highest BCUT2D eigenvalue weighted by atomic mass is 32.1. The van der Waals surface area contributed by atoms with Crippen molar-refractivity contribution >= 4 is 22.6 Å². The molecule has 0 unspecified atom stereocenters. The van der Waals surface area contributed by atoms with E-state index in [1.807, 2.05) is 0 Å². The van der Waals surface area contributed by atoms with Gasteiger partial charge >= 0.3 is 5.97 Å². The molecule has 0 fully saturated rings. The van der Waals surface area contributed by atoms with Gasteiger partial charge < -0.3 is 10.4 Å². The summed E-state index contributed by atoms with van der Waals surface area (Å²) in [5, 5.41) is 18.5. The van der Waals surface area contributed by atoms with Gasteiger partial charge in [-0.3, -0.25) is 4.79 Å². The van der Waals surface area contributed by atoms with Crippen molar-refractivity contribution in [3.05, 3.63) is 0 Å². The highest BCUT2D eigenvalue weighted by molar-refractivity contribution is 7.09. The number of aliphatic carboxylic acids is 1. The monoisotopic (exact) mass is 174 g/mol. The molecule has 1 aromatic rings. The maximum absolute atomic E-state index is 10.0. The Hall–Kier alpha value is -1.24. The second kappa shape index (κ2) is 3.81. The molecule has 7 heteroatoms. The SMILES string of the molecule is O=C(O)CCNc1nnns1. The van der Waals surface area contributed by atoms with Crippen molar-refractivity contribution in [1.82, 2.24) is 14.8 Å². The predicted octanol–water partition coefficient (Wildman–Crippen LogP) is -0.180. The smallest absolute Gasteiger partial charge is 0.305 e. The number of rotatable bonds is 4. The first-order chi connectivity index (χ1) is 5.29. The lowest BCUT2D eigenvalue weighted by Gasteiger charge is -1.95. The Labute approximate surface area is 66.4 Å². The van der Waals surface area contributed by atoms with E-state index in [1.165, 1.54) is 0 Å². The number of nitrogens with one attached hydrogen (secondary N) is 1. The fourth-order valence-corrected chi connectivity index (χ4v) is 0.868. The summed E-state index contributed by atoms with van der Waals surface area (Å²) in [4.78, 5) is 10.0. The first-order valence-electron chi connectivity index (χ1n) is 2.90. The standard InChI is InChI=1S/C4H6N4O2S/c9-3(10)1-2-5-4-6-7-8-11-4/h1-2H2,(H,9,10)(H,5,6,8). The van der Waals surface area contributed by atoms with Crippen LogP contribution in [0.4, 0.5) is 5.13 Å². The molecule has 0 bridgehead atoms. The molecule has 6 nitrogen and oxygen atoms in total. The van der Waals surface area contributed by atoms with E-state index < -0.39 is 5.97 Å².